The van der Waals surface area contributed by atoms with Crippen LogP contribution in [0.5, 0.6) is 11.5 Å². The van der Waals surface area contributed by atoms with E-state index in [4.69, 9.17) is 9.47 Å². The van der Waals surface area contributed by atoms with E-state index < -0.39 is 0 Å². The molecule has 2 unspecified atom stereocenters. The van der Waals surface area contributed by atoms with E-state index in [9.17, 15) is 9.59 Å². The van der Waals surface area contributed by atoms with Crippen LogP contribution >= 0.6 is 0 Å². The van der Waals surface area contributed by atoms with Crippen LogP contribution in [0.2, 0.25) is 0 Å². The van der Waals surface area contributed by atoms with Crippen molar-refractivity contribution in [2.45, 2.75) is 19.8 Å². The summed E-state index contributed by atoms with van der Waals surface area (Å²) < 4.78 is 11.0. The summed E-state index contributed by atoms with van der Waals surface area (Å²) in [4.78, 5) is 30.0. The molecule has 0 saturated carbocycles. The molecular weight excluding hydrogens is 380 g/mol. The Labute approximate surface area is 178 Å². The van der Waals surface area contributed by atoms with Gasteiger partial charge in [0.25, 0.3) is 5.91 Å². The Kier molecular flexibility index (Phi) is 6.65. The number of likely N-dealkylation sites (tertiary alicyclic amines) is 1. The number of methoxy groups -OCH3 is 2. The number of amides is 2. The maximum Gasteiger partial charge on any atom is 0.254 e. The molecule has 1 saturated heterocycles. The van der Waals surface area contributed by atoms with Gasteiger partial charge in [-0.3, -0.25) is 9.59 Å². The van der Waals surface area contributed by atoms with Gasteiger partial charge in [-0.2, -0.15) is 0 Å². The normalized spacial score (nSPS) is 18.2. The summed E-state index contributed by atoms with van der Waals surface area (Å²) >= 11 is 0. The topological polar surface area (TPSA) is 59.1 Å². The van der Waals surface area contributed by atoms with Gasteiger partial charge in [0, 0.05) is 43.7 Å². The summed E-state index contributed by atoms with van der Waals surface area (Å²) in [5, 5.41) is 0. The molecule has 6 heteroatoms. The van der Waals surface area contributed by atoms with Gasteiger partial charge < -0.3 is 19.3 Å². The average Bonchev–Trinajstić information content (AvgIpc) is 3.22. The highest BCUT2D eigenvalue weighted by Crippen LogP contribution is 2.40. The van der Waals surface area contributed by atoms with Gasteiger partial charge in [-0.15, -0.1) is 0 Å². The van der Waals surface area contributed by atoms with E-state index in [2.05, 4.69) is 0 Å². The highest BCUT2D eigenvalue weighted by Gasteiger charge is 2.42. The van der Waals surface area contributed by atoms with E-state index in [-0.39, 0.29) is 23.7 Å². The first-order valence-electron chi connectivity index (χ1n) is 10.2. The Morgan fingerprint density at radius 1 is 1.10 bits per heavy atom. The molecule has 30 heavy (non-hydrogen) atoms. The number of ether oxygens (including phenoxy) is 2. The number of aryl methyl sites for hydroxylation is 1. The molecule has 1 aliphatic rings. The molecule has 0 aromatic heterocycles. The fourth-order valence-electron chi connectivity index (χ4n) is 4.09. The molecule has 2 aromatic rings. The summed E-state index contributed by atoms with van der Waals surface area (Å²) in [6.07, 6.45) is 0. The zero-order valence-corrected chi connectivity index (χ0v) is 18.3. The molecule has 6 nitrogen and oxygen atoms in total. The van der Waals surface area contributed by atoms with Crippen LogP contribution in [-0.2, 0) is 4.79 Å². The second-order valence-corrected chi connectivity index (χ2v) is 7.70. The van der Waals surface area contributed by atoms with Crippen molar-refractivity contribution in [2.75, 3.05) is 40.9 Å². The van der Waals surface area contributed by atoms with E-state index >= 15 is 0 Å². The summed E-state index contributed by atoms with van der Waals surface area (Å²) in [6, 6.07) is 13.2. The van der Waals surface area contributed by atoms with Gasteiger partial charge in [-0.25, -0.2) is 0 Å². The summed E-state index contributed by atoms with van der Waals surface area (Å²) in [6.45, 7) is 5.32. The fourth-order valence-corrected chi connectivity index (χ4v) is 4.09. The van der Waals surface area contributed by atoms with Crippen LogP contribution in [0, 0.1) is 12.8 Å². The number of carbonyl (C=O) groups is 2. The zero-order chi connectivity index (χ0) is 21.8. The third-order valence-electron chi connectivity index (χ3n) is 5.99. The first kappa shape index (κ1) is 21.7. The standard InChI is InChI=1S/C24H30N2O4/c1-6-25(3)23(27)21-15-26(24(28)18-10-8-7-9-16(18)2)14-20(21)19-13-17(29-4)11-12-22(19)30-5/h7-13,20-21H,6,14-15H2,1-5H3. The molecule has 2 amide bonds. The Bertz CT molecular complexity index is 927. The zero-order valence-electron chi connectivity index (χ0n) is 18.3. The van der Waals surface area contributed by atoms with Crippen molar-refractivity contribution in [1.82, 2.24) is 9.80 Å². The van der Waals surface area contributed by atoms with Crippen LogP contribution < -0.4 is 9.47 Å². The second-order valence-electron chi connectivity index (χ2n) is 7.70. The van der Waals surface area contributed by atoms with Crippen molar-refractivity contribution in [3.8, 4) is 11.5 Å². The molecule has 3 rings (SSSR count). The summed E-state index contributed by atoms with van der Waals surface area (Å²) in [5.41, 5.74) is 2.49. The van der Waals surface area contributed by atoms with Gasteiger partial charge in [-0.05, 0) is 43.7 Å². The Hall–Kier alpha value is -3.02. The van der Waals surface area contributed by atoms with Crippen molar-refractivity contribution in [2.24, 2.45) is 5.92 Å². The molecule has 2 aromatic carbocycles. The number of hydrogen-bond acceptors (Lipinski definition) is 4. The highest BCUT2D eigenvalue weighted by atomic mass is 16.5. The number of benzene rings is 2. The van der Waals surface area contributed by atoms with Crippen molar-refractivity contribution in [1.29, 1.82) is 0 Å². The smallest absolute Gasteiger partial charge is 0.254 e. The summed E-state index contributed by atoms with van der Waals surface area (Å²) in [5.74, 6) is 0.864. The molecule has 0 N–H and O–H groups in total. The molecule has 1 aliphatic heterocycles. The van der Waals surface area contributed by atoms with Gasteiger partial charge in [0.15, 0.2) is 0 Å². The van der Waals surface area contributed by atoms with Crippen LogP contribution in [0.25, 0.3) is 0 Å². The number of nitrogens with zero attached hydrogens (tertiary/aromatic N) is 2. The minimum absolute atomic E-state index is 0.0347. The van der Waals surface area contributed by atoms with Gasteiger partial charge >= 0.3 is 0 Å². The molecule has 0 aliphatic carbocycles. The Morgan fingerprint density at radius 3 is 2.47 bits per heavy atom. The van der Waals surface area contributed by atoms with Crippen molar-refractivity contribution in [3.63, 3.8) is 0 Å². The maximum absolute atomic E-state index is 13.3. The lowest BCUT2D eigenvalue weighted by atomic mass is 9.87. The maximum atomic E-state index is 13.3. The van der Waals surface area contributed by atoms with Gasteiger partial charge in [0.05, 0.1) is 20.1 Å². The molecule has 0 spiro atoms. The van der Waals surface area contributed by atoms with Crippen LogP contribution in [-0.4, -0.2) is 62.5 Å². The third kappa shape index (κ3) is 4.13. The van der Waals surface area contributed by atoms with E-state index in [1.165, 1.54) is 0 Å². The highest BCUT2D eigenvalue weighted by molar-refractivity contribution is 5.96. The molecule has 1 heterocycles. The lowest BCUT2D eigenvalue weighted by molar-refractivity contribution is -0.133. The minimum atomic E-state index is -0.344. The first-order chi connectivity index (χ1) is 14.4. The number of hydrogen-bond donors (Lipinski definition) is 0. The predicted octanol–water partition coefficient (Wildman–Crippen LogP) is 3.35. The van der Waals surface area contributed by atoms with E-state index in [1.54, 1.807) is 31.1 Å². The molecule has 1 fully saturated rings. The van der Waals surface area contributed by atoms with Gasteiger partial charge in [0.2, 0.25) is 5.91 Å². The number of carbonyl (C=O) groups excluding carboxylic acids is 2. The lowest BCUT2D eigenvalue weighted by Gasteiger charge is -2.24. The molecular formula is C24H30N2O4. The first-order valence-corrected chi connectivity index (χ1v) is 10.2. The molecule has 160 valence electrons. The Balaban J connectivity index is 2.00. The van der Waals surface area contributed by atoms with Crippen molar-refractivity contribution in [3.05, 3.63) is 59.2 Å². The van der Waals surface area contributed by atoms with Crippen LogP contribution in [0.1, 0.15) is 34.3 Å². The van der Waals surface area contributed by atoms with E-state index in [0.29, 0.717) is 36.7 Å². The molecule has 2 atom stereocenters. The predicted molar refractivity (Wildman–Crippen MR) is 116 cm³/mol. The molecule has 0 radical (unpaired) electrons. The van der Waals surface area contributed by atoms with Gasteiger partial charge in [0.1, 0.15) is 11.5 Å². The second kappa shape index (κ2) is 9.20. The number of rotatable bonds is 6. The lowest BCUT2D eigenvalue weighted by Crippen LogP contribution is -2.37. The van der Waals surface area contributed by atoms with Crippen LogP contribution in [0.15, 0.2) is 42.5 Å². The van der Waals surface area contributed by atoms with Crippen molar-refractivity contribution < 1.29 is 19.1 Å². The third-order valence-corrected chi connectivity index (χ3v) is 5.99. The quantitative estimate of drug-likeness (QED) is 0.733. The van der Waals surface area contributed by atoms with E-state index in [1.807, 2.05) is 56.3 Å². The largest absolute Gasteiger partial charge is 0.497 e. The van der Waals surface area contributed by atoms with Gasteiger partial charge in [-0.1, -0.05) is 18.2 Å². The minimum Gasteiger partial charge on any atom is -0.497 e. The van der Waals surface area contributed by atoms with E-state index in [0.717, 1.165) is 11.1 Å². The van der Waals surface area contributed by atoms with Crippen LogP contribution in [0.4, 0.5) is 0 Å². The van der Waals surface area contributed by atoms with Crippen molar-refractivity contribution >= 4 is 11.8 Å². The summed E-state index contributed by atoms with van der Waals surface area (Å²) in [7, 11) is 5.03. The SMILES string of the molecule is CCN(C)C(=O)C1CN(C(=O)c2ccccc2C)CC1c1cc(OC)ccc1OC. The van der Waals surface area contributed by atoms with Crippen LogP contribution in [0.3, 0.4) is 0 Å². The fraction of sp³-hybridized carbons (Fsp3) is 0.417. The Morgan fingerprint density at radius 2 is 1.83 bits per heavy atom. The average molecular weight is 411 g/mol. The molecule has 0 bridgehead atoms. The monoisotopic (exact) mass is 410 g/mol.